The van der Waals surface area contributed by atoms with Gasteiger partial charge in [0.05, 0.1) is 0 Å². The summed E-state index contributed by atoms with van der Waals surface area (Å²) >= 11 is 0. The summed E-state index contributed by atoms with van der Waals surface area (Å²) in [5, 5.41) is 9.24. The van der Waals surface area contributed by atoms with Crippen LogP contribution in [0, 0.1) is 0 Å². The molecule has 2 rings (SSSR count). The standard InChI is InChI=1S/C8H8N2O3S/c9-14(11,12)5-7-6-3-1-2-4-8(6)13-10-7/h1-4H,5H2,(H2,9,11,12)/i1+1,2+1,3+1,4+1,6+1,8+1. The Kier molecular flexibility index (Phi) is 2.01. The molecule has 0 atom stereocenters. The number of hydrogen-bond acceptors (Lipinski definition) is 4. The normalized spacial score (nSPS) is 12.1. The van der Waals surface area contributed by atoms with E-state index in [1.165, 1.54) is 0 Å². The number of hydrogen-bond donors (Lipinski definition) is 1. The number of benzene rings is 1. The predicted molar refractivity (Wildman–Crippen MR) is 50.8 cm³/mol. The van der Waals surface area contributed by atoms with Gasteiger partial charge in [-0.05, 0) is 12.1 Å². The van der Waals surface area contributed by atoms with Crippen LogP contribution in [-0.4, -0.2) is 13.6 Å². The van der Waals surface area contributed by atoms with Crippen LogP contribution in [0.3, 0.4) is 0 Å². The van der Waals surface area contributed by atoms with Gasteiger partial charge in [-0.1, -0.05) is 17.3 Å². The smallest absolute Gasteiger partial charge is 0.214 e. The van der Waals surface area contributed by atoms with Gasteiger partial charge in [-0.15, -0.1) is 0 Å². The molecule has 14 heavy (non-hydrogen) atoms. The molecule has 0 aliphatic heterocycles. The molecule has 74 valence electrons. The van der Waals surface area contributed by atoms with E-state index in [9.17, 15) is 8.42 Å². The molecule has 0 saturated heterocycles. The van der Waals surface area contributed by atoms with E-state index >= 15 is 0 Å². The van der Waals surface area contributed by atoms with Crippen LogP contribution in [0.2, 0.25) is 0 Å². The van der Waals surface area contributed by atoms with Crippen molar-refractivity contribution in [3.63, 3.8) is 0 Å². The molecular weight excluding hydrogens is 210 g/mol. The van der Waals surface area contributed by atoms with Crippen LogP contribution < -0.4 is 5.14 Å². The molecule has 0 aliphatic rings. The van der Waals surface area contributed by atoms with Gasteiger partial charge in [0.1, 0.15) is 11.4 Å². The highest BCUT2D eigenvalue weighted by atomic mass is 32.2. The van der Waals surface area contributed by atoms with Gasteiger partial charge in [0, 0.05) is 5.39 Å². The number of nitrogens with zero attached hydrogens (tertiary/aromatic N) is 1. The Morgan fingerprint density at radius 2 is 2.07 bits per heavy atom. The molecular formula is C8H8N2O3S. The van der Waals surface area contributed by atoms with Crippen molar-refractivity contribution < 1.29 is 12.9 Å². The van der Waals surface area contributed by atoms with Crippen molar-refractivity contribution in [2.45, 2.75) is 5.75 Å². The van der Waals surface area contributed by atoms with Gasteiger partial charge in [0.25, 0.3) is 0 Å². The molecule has 2 aromatic rings. The minimum absolute atomic E-state index is 0.302. The number of fused-ring (bicyclic) bond motifs is 1. The van der Waals surface area contributed by atoms with Crippen LogP contribution in [0.4, 0.5) is 0 Å². The van der Waals surface area contributed by atoms with Crippen LogP contribution >= 0.6 is 0 Å². The lowest BCUT2D eigenvalue weighted by atomic mass is 10.7. The molecule has 1 aromatic carbocycles. The topological polar surface area (TPSA) is 86.2 Å². The summed E-state index contributed by atoms with van der Waals surface area (Å²) in [7, 11) is -3.56. The lowest BCUT2D eigenvalue weighted by Gasteiger charge is -1.92. The largest absolute Gasteiger partial charge is 0.356 e. The Bertz CT molecular complexity index is 559. The summed E-state index contributed by atoms with van der Waals surface area (Å²) in [6.07, 6.45) is 0. The van der Waals surface area contributed by atoms with Crippen LogP contribution in [-0.2, 0) is 15.8 Å². The van der Waals surface area contributed by atoms with Gasteiger partial charge in [0.15, 0.2) is 5.58 Å². The van der Waals surface area contributed by atoms with Gasteiger partial charge in [-0.3, -0.25) is 0 Å². The average Bonchev–Trinajstić information content (AvgIpc) is 2.47. The number of para-hydroxylation sites is 1. The Hall–Kier alpha value is -1.40. The van der Waals surface area contributed by atoms with E-state index in [2.05, 4.69) is 5.16 Å². The van der Waals surface area contributed by atoms with Gasteiger partial charge >= 0.3 is 0 Å². The first-order valence-electron chi connectivity index (χ1n) is 3.90. The second-order valence-electron chi connectivity index (χ2n) is 2.93. The van der Waals surface area contributed by atoms with Crippen molar-refractivity contribution in [2.24, 2.45) is 5.14 Å². The van der Waals surface area contributed by atoms with Crippen LogP contribution in [0.1, 0.15) is 5.69 Å². The second kappa shape index (κ2) is 3.07. The van der Waals surface area contributed by atoms with E-state index in [1.807, 2.05) is 0 Å². The van der Waals surface area contributed by atoms with Gasteiger partial charge in [-0.25, -0.2) is 13.6 Å². The number of aromatic nitrogens is 1. The fourth-order valence-electron chi connectivity index (χ4n) is 1.23. The Balaban J connectivity index is 2.54. The minimum atomic E-state index is -3.56. The summed E-state index contributed by atoms with van der Waals surface area (Å²) in [5.41, 5.74) is 0.911. The van der Waals surface area contributed by atoms with Crippen molar-refractivity contribution in [1.82, 2.24) is 5.16 Å². The Morgan fingerprint density at radius 1 is 1.36 bits per heavy atom. The molecule has 0 saturated carbocycles. The van der Waals surface area contributed by atoms with E-state index in [-0.39, 0.29) is 5.75 Å². The fourth-order valence-corrected chi connectivity index (χ4v) is 1.82. The van der Waals surface area contributed by atoms with Crippen LogP contribution in [0.5, 0.6) is 0 Å². The third kappa shape index (κ3) is 1.75. The number of nitrogens with two attached hydrogens (primary N) is 1. The van der Waals surface area contributed by atoms with E-state index in [0.29, 0.717) is 16.7 Å². The predicted octanol–water partition coefficient (Wildman–Crippen LogP) is 0.616. The van der Waals surface area contributed by atoms with E-state index in [1.54, 1.807) is 24.3 Å². The van der Waals surface area contributed by atoms with Crippen molar-refractivity contribution >= 4 is 21.0 Å². The molecule has 0 amide bonds. The third-order valence-corrected chi connectivity index (χ3v) is 2.47. The van der Waals surface area contributed by atoms with E-state index < -0.39 is 10.0 Å². The number of sulfonamides is 1. The van der Waals surface area contributed by atoms with Crippen LogP contribution in [0.15, 0.2) is 28.8 Å². The summed E-state index contributed by atoms with van der Waals surface area (Å²) in [6.45, 7) is 0. The fraction of sp³-hybridized carbons (Fsp3) is 0.125. The van der Waals surface area contributed by atoms with Crippen molar-refractivity contribution in [2.75, 3.05) is 0 Å². The highest BCUT2D eigenvalue weighted by Crippen LogP contribution is 2.18. The number of rotatable bonds is 2. The van der Waals surface area contributed by atoms with E-state index in [0.717, 1.165) is 0 Å². The van der Waals surface area contributed by atoms with Crippen LogP contribution in [0.25, 0.3) is 11.0 Å². The first kappa shape index (κ1) is 9.17. The first-order chi connectivity index (χ1) is 6.56. The lowest BCUT2D eigenvalue weighted by Crippen LogP contribution is -2.14. The maximum atomic E-state index is 10.8. The molecule has 2 N–H and O–H groups in total. The Morgan fingerprint density at radius 3 is 2.79 bits per heavy atom. The molecule has 6 heteroatoms. The zero-order valence-corrected chi connectivity index (χ0v) is 7.99. The molecule has 0 bridgehead atoms. The van der Waals surface area contributed by atoms with E-state index in [4.69, 9.17) is 9.66 Å². The summed E-state index contributed by atoms with van der Waals surface area (Å²) < 4.78 is 26.6. The molecule has 0 aliphatic carbocycles. The second-order valence-corrected chi connectivity index (χ2v) is 4.55. The van der Waals surface area contributed by atoms with Crippen molar-refractivity contribution in [3.05, 3.63) is 30.0 Å². The Labute approximate surface area is 80.5 Å². The minimum Gasteiger partial charge on any atom is -0.356 e. The van der Waals surface area contributed by atoms with Gasteiger partial charge in [-0.2, -0.15) is 0 Å². The summed E-state index contributed by atoms with van der Waals surface area (Å²) in [6, 6.07) is 7.03. The number of primary sulfonamides is 1. The molecule has 1 heterocycles. The molecule has 0 unspecified atom stereocenters. The lowest BCUT2D eigenvalue weighted by molar-refractivity contribution is 0.448. The molecule has 0 radical (unpaired) electrons. The average molecular weight is 218 g/mol. The molecule has 1 aromatic heterocycles. The first-order valence-corrected chi connectivity index (χ1v) is 5.61. The molecule has 0 spiro atoms. The van der Waals surface area contributed by atoms with Gasteiger partial charge in [0.2, 0.25) is 10.0 Å². The van der Waals surface area contributed by atoms with Gasteiger partial charge < -0.3 is 4.52 Å². The monoisotopic (exact) mass is 218 g/mol. The molecule has 5 nitrogen and oxygen atoms in total. The zero-order chi connectivity index (χ0) is 10.2. The SMILES string of the molecule is NS(=O)(=O)Cc1no[13c]2[13cH][13cH][13cH][13cH][13c]12. The van der Waals surface area contributed by atoms with Crippen molar-refractivity contribution in [1.29, 1.82) is 0 Å². The highest BCUT2D eigenvalue weighted by Gasteiger charge is 2.12. The molecule has 0 fully saturated rings. The quantitative estimate of drug-likeness (QED) is 0.800. The maximum absolute atomic E-state index is 10.8. The highest BCUT2D eigenvalue weighted by molar-refractivity contribution is 7.88. The maximum Gasteiger partial charge on any atom is 0.214 e. The third-order valence-electron chi connectivity index (χ3n) is 1.79. The summed E-state index contributed by atoms with van der Waals surface area (Å²) in [4.78, 5) is 0. The van der Waals surface area contributed by atoms with Crippen molar-refractivity contribution in [3.8, 4) is 0 Å². The summed E-state index contributed by atoms with van der Waals surface area (Å²) in [5.74, 6) is -0.302. The zero-order valence-electron chi connectivity index (χ0n) is 7.17.